The molecule has 2 aromatic rings. The highest BCUT2D eigenvalue weighted by molar-refractivity contribution is 5.97. The Balaban J connectivity index is 1.90. The van der Waals surface area contributed by atoms with E-state index in [-0.39, 0.29) is 11.3 Å². The van der Waals surface area contributed by atoms with Gasteiger partial charge in [0, 0.05) is 11.4 Å². The van der Waals surface area contributed by atoms with E-state index in [0.717, 1.165) is 12.1 Å². The van der Waals surface area contributed by atoms with Gasteiger partial charge in [-0.05, 0) is 42.0 Å². The van der Waals surface area contributed by atoms with E-state index < -0.39 is 35.6 Å². The molecule has 1 saturated heterocycles. The van der Waals surface area contributed by atoms with Gasteiger partial charge in [-0.1, -0.05) is 18.7 Å². The molecule has 0 spiro atoms. The van der Waals surface area contributed by atoms with Gasteiger partial charge in [-0.3, -0.25) is 4.79 Å². The van der Waals surface area contributed by atoms with Crippen molar-refractivity contribution < 1.29 is 27.5 Å². The number of rotatable bonds is 4. The first kappa shape index (κ1) is 20.2. The second-order valence-corrected chi connectivity index (χ2v) is 6.42. The van der Waals surface area contributed by atoms with Crippen LogP contribution in [0.2, 0.25) is 0 Å². The Morgan fingerprint density at radius 2 is 1.86 bits per heavy atom. The van der Waals surface area contributed by atoms with E-state index in [4.69, 9.17) is 4.74 Å². The lowest BCUT2D eigenvalue weighted by atomic mass is 9.87. The summed E-state index contributed by atoms with van der Waals surface area (Å²) >= 11 is 0. The predicted octanol–water partition coefficient (Wildman–Crippen LogP) is 3.84. The summed E-state index contributed by atoms with van der Waals surface area (Å²) in [5.74, 6) is -0.964. The van der Waals surface area contributed by atoms with Crippen LogP contribution in [0.1, 0.15) is 17.2 Å². The Morgan fingerprint density at radius 1 is 1.17 bits per heavy atom. The minimum absolute atomic E-state index is 0.0853. The van der Waals surface area contributed by atoms with E-state index in [2.05, 4.69) is 22.5 Å². The van der Waals surface area contributed by atoms with Gasteiger partial charge in [-0.25, -0.2) is 4.79 Å². The van der Waals surface area contributed by atoms with Gasteiger partial charge in [0.1, 0.15) is 11.7 Å². The topological polar surface area (TPSA) is 79.5 Å². The van der Waals surface area contributed by atoms with Crippen molar-refractivity contribution in [2.45, 2.75) is 12.2 Å². The molecule has 9 heteroatoms. The smallest absolute Gasteiger partial charge is 0.416 e. The largest absolute Gasteiger partial charge is 0.497 e. The van der Waals surface area contributed by atoms with Crippen LogP contribution in [0.15, 0.2) is 60.8 Å². The number of hydrogen-bond acceptors (Lipinski definition) is 3. The van der Waals surface area contributed by atoms with Crippen LogP contribution >= 0.6 is 0 Å². The van der Waals surface area contributed by atoms with Crippen molar-refractivity contribution in [2.75, 3.05) is 12.4 Å². The predicted molar refractivity (Wildman–Crippen MR) is 100 cm³/mol. The lowest BCUT2D eigenvalue weighted by Gasteiger charge is -2.34. The average Bonchev–Trinajstić information content (AvgIpc) is 2.67. The summed E-state index contributed by atoms with van der Waals surface area (Å²) in [7, 11) is 1.51. The minimum atomic E-state index is -4.55. The Labute approximate surface area is 164 Å². The summed E-state index contributed by atoms with van der Waals surface area (Å²) in [6.45, 7) is 3.71. The minimum Gasteiger partial charge on any atom is -0.497 e. The molecule has 1 heterocycles. The van der Waals surface area contributed by atoms with Crippen molar-refractivity contribution in [1.82, 2.24) is 10.6 Å². The van der Waals surface area contributed by atoms with E-state index in [1.807, 2.05) is 0 Å². The Kier molecular flexibility index (Phi) is 5.49. The fourth-order valence-corrected chi connectivity index (χ4v) is 3.07. The molecule has 3 N–H and O–H groups in total. The molecule has 0 aliphatic carbocycles. The maximum atomic E-state index is 13.1. The number of urea groups is 1. The molecule has 6 nitrogen and oxygen atoms in total. The molecule has 0 unspecified atom stereocenters. The third kappa shape index (κ3) is 4.50. The third-order valence-electron chi connectivity index (χ3n) is 4.48. The molecule has 3 rings (SSSR count). The molecule has 152 valence electrons. The normalized spacial score (nSPS) is 19.2. The van der Waals surface area contributed by atoms with Gasteiger partial charge in [-0.15, -0.1) is 0 Å². The highest BCUT2D eigenvalue weighted by Gasteiger charge is 2.39. The summed E-state index contributed by atoms with van der Waals surface area (Å²) < 4.78 is 44.3. The molecule has 2 atom stereocenters. The number of alkyl halides is 3. The quantitative estimate of drug-likeness (QED) is 0.723. The number of benzene rings is 2. The van der Waals surface area contributed by atoms with Gasteiger partial charge in [0.05, 0.1) is 18.7 Å². The molecule has 2 aromatic carbocycles. The number of methoxy groups -OCH3 is 1. The zero-order valence-electron chi connectivity index (χ0n) is 15.3. The summed E-state index contributed by atoms with van der Waals surface area (Å²) in [5.41, 5.74) is -0.182. The first-order valence-electron chi connectivity index (χ1n) is 8.57. The van der Waals surface area contributed by atoms with Gasteiger partial charge in [0.15, 0.2) is 0 Å². The van der Waals surface area contributed by atoms with Crippen molar-refractivity contribution in [3.8, 4) is 5.75 Å². The molecular weight excluding hydrogens is 387 g/mol. The van der Waals surface area contributed by atoms with Gasteiger partial charge < -0.3 is 20.7 Å². The fraction of sp³-hybridized carbons (Fsp3) is 0.200. The number of anilines is 1. The third-order valence-corrected chi connectivity index (χ3v) is 4.48. The standard InChI is InChI=1S/C20H18F3N3O3/c1-11-16(18(27)25-14-6-8-15(29-2)9-7-14)17(26-19(28)24-11)12-4-3-5-13(10-12)20(21,22)23/h3-10,16-17H,1H2,2H3,(H,25,27)(H2,24,26,28)/t16-,17+/m0/s1. The SMILES string of the molecule is C=C1NC(=O)N[C@H](c2cccc(C(F)(F)F)c2)[C@H]1C(=O)Nc1ccc(OC)cc1. The lowest BCUT2D eigenvalue weighted by Crippen LogP contribution is -2.51. The van der Waals surface area contributed by atoms with Gasteiger partial charge in [0.2, 0.25) is 5.91 Å². The van der Waals surface area contributed by atoms with E-state index in [1.54, 1.807) is 24.3 Å². The van der Waals surface area contributed by atoms with Crippen molar-refractivity contribution in [3.63, 3.8) is 0 Å². The van der Waals surface area contributed by atoms with E-state index in [0.29, 0.717) is 11.4 Å². The van der Waals surface area contributed by atoms with Crippen molar-refractivity contribution in [3.05, 3.63) is 71.9 Å². The van der Waals surface area contributed by atoms with E-state index in [1.165, 1.54) is 19.2 Å². The zero-order valence-corrected chi connectivity index (χ0v) is 15.3. The summed E-state index contributed by atoms with van der Waals surface area (Å²) in [6, 6.07) is 9.36. The number of ether oxygens (including phenoxy) is 1. The summed E-state index contributed by atoms with van der Waals surface area (Å²) in [4.78, 5) is 24.8. The van der Waals surface area contributed by atoms with Crippen molar-refractivity contribution in [2.24, 2.45) is 5.92 Å². The van der Waals surface area contributed by atoms with Crippen LogP contribution < -0.4 is 20.7 Å². The van der Waals surface area contributed by atoms with Gasteiger partial charge in [-0.2, -0.15) is 13.2 Å². The first-order valence-corrected chi connectivity index (χ1v) is 8.57. The van der Waals surface area contributed by atoms with Gasteiger partial charge in [0.25, 0.3) is 0 Å². The van der Waals surface area contributed by atoms with E-state index in [9.17, 15) is 22.8 Å². The molecule has 3 amide bonds. The van der Waals surface area contributed by atoms with Crippen LogP contribution in [0.3, 0.4) is 0 Å². The van der Waals surface area contributed by atoms with Crippen LogP contribution in [-0.4, -0.2) is 19.0 Å². The molecule has 0 radical (unpaired) electrons. The Morgan fingerprint density at radius 3 is 2.48 bits per heavy atom. The maximum Gasteiger partial charge on any atom is 0.416 e. The molecule has 0 aromatic heterocycles. The number of nitrogens with one attached hydrogen (secondary N) is 3. The molecular formula is C20H18F3N3O3. The second-order valence-electron chi connectivity index (χ2n) is 6.42. The van der Waals surface area contributed by atoms with E-state index >= 15 is 0 Å². The number of hydrogen-bond donors (Lipinski definition) is 3. The van der Waals surface area contributed by atoms with Crippen molar-refractivity contribution in [1.29, 1.82) is 0 Å². The molecule has 29 heavy (non-hydrogen) atoms. The number of carbonyl (C=O) groups excluding carboxylic acids is 2. The molecule has 1 aliphatic rings. The number of amides is 3. The van der Waals surface area contributed by atoms with Crippen molar-refractivity contribution >= 4 is 17.6 Å². The average molecular weight is 405 g/mol. The maximum absolute atomic E-state index is 13.1. The highest BCUT2D eigenvalue weighted by atomic mass is 19.4. The summed E-state index contributed by atoms with van der Waals surface area (Å²) in [5, 5.41) is 7.61. The van der Waals surface area contributed by atoms with Crippen LogP contribution in [0, 0.1) is 5.92 Å². The van der Waals surface area contributed by atoms with Crippen LogP contribution in [0.4, 0.5) is 23.7 Å². The van der Waals surface area contributed by atoms with Crippen LogP contribution in [0.5, 0.6) is 5.75 Å². The number of carbonyl (C=O) groups is 2. The molecule has 0 bridgehead atoms. The monoisotopic (exact) mass is 405 g/mol. The first-order chi connectivity index (χ1) is 13.7. The Hall–Kier alpha value is -3.49. The lowest BCUT2D eigenvalue weighted by molar-refractivity contribution is -0.137. The number of halogens is 3. The second kappa shape index (κ2) is 7.86. The summed E-state index contributed by atoms with van der Waals surface area (Å²) in [6.07, 6.45) is -4.55. The molecule has 1 fully saturated rings. The highest BCUT2D eigenvalue weighted by Crippen LogP contribution is 2.35. The van der Waals surface area contributed by atoms with Crippen LogP contribution in [0.25, 0.3) is 0 Å². The molecule has 1 aliphatic heterocycles. The Bertz CT molecular complexity index is 942. The fourth-order valence-electron chi connectivity index (χ4n) is 3.07. The van der Waals surface area contributed by atoms with Crippen LogP contribution in [-0.2, 0) is 11.0 Å². The van der Waals surface area contributed by atoms with Gasteiger partial charge >= 0.3 is 12.2 Å². The zero-order chi connectivity index (χ0) is 21.2. The molecule has 0 saturated carbocycles.